The van der Waals surface area contributed by atoms with Crippen LogP contribution in [0, 0.1) is 0 Å². The monoisotopic (exact) mass is 354 g/mol. The van der Waals surface area contributed by atoms with Gasteiger partial charge in [-0.15, -0.1) is 0 Å². The molecular formula is C23H22N4. The second-order valence-electron chi connectivity index (χ2n) is 7.28. The van der Waals surface area contributed by atoms with Crippen LogP contribution in [0.1, 0.15) is 11.7 Å². The van der Waals surface area contributed by atoms with Gasteiger partial charge in [-0.2, -0.15) is 0 Å². The van der Waals surface area contributed by atoms with Crippen molar-refractivity contribution in [3.63, 3.8) is 0 Å². The summed E-state index contributed by atoms with van der Waals surface area (Å²) >= 11 is 0. The summed E-state index contributed by atoms with van der Waals surface area (Å²) in [5.41, 5.74) is 7.04. The van der Waals surface area contributed by atoms with Crippen LogP contribution in [0.5, 0.6) is 0 Å². The number of hydrogen-bond acceptors (Lipinski definition) is 3. The number of benzene rings is 3. The molecule has 0 unspecified atom stereocenters. The SMILES string of the molecule is CN(C)c1ccc([C@H]2N(C)c3ccccc3-c3nc4ccccc4n32)cc1. The Hall–Kier alpha value is -3.27. The van der Waals surface area contributed by atoms with Crippen molar-refractivity contribution in [2.75, 3.05) is 30.9 Å². The summed E-state index contributed by atoms with van der Waals surface area (Å²) in [6, 6.07) is 25.7. The molecule has 4 heteroatoms. The van der Waals surface area contributed by atoms with Crippen molar-refractivity contribution >= 4 is 22.4 Å². The highest BCUT2D eigenvalue weighted by Gasteiger charge is 2.32. The molecule has 27 heavy (non-hydrogen) atoms. The minimum Gasteiger partial charge on any atom is -0.378 e. The van der Waals surface area contributed by atoms with Crippen molar-refractivity contribution in [3.8, 4) is 11.4 Å². The summed E-state index contributed by atoms with van der Waals surface area (Å²) in [6.07, 6.45) is 0.0681. The number of aromatic nitrogens is 2. The van der Waals surface area contributed by atoms with Gasteiger partial charge in [-0.3, -0.25) is 4.57 Å². The number of anilines is 2. The maximum atomic E-state index is 4.98. The zero-order valence-electron chi connectivity index (χ0n) is 15.8. The highest BCUT2D eigenvalue weighted by Crippen LogP contribution is 2.43. The van der Waals surface area contributed by atoms with Crippen LogP contribution >= 0.6 is 0 Å². The van der Waals surface area contributed by atoms with Crippen molar-refractivity contribution in [2.24, 2.45) is 0 Å². The molecule has 0 amide bonds. The van der Waals surface area contributed by atoms with E-state index in [0.29, 0.717) is 0 Å². The van der Waals surface area contributed by atoms with Gasteiger partial charge in [0.1, 0.15) is 12.0 Å². The molecule has 2 heterocycles. The minimum absolute atomic E-state index is 0.0681. The van der Waals surface area contributed by atoms with E-state index >= 15 is 0 Å². The van der Waals surface area contributed by atoms with E-state index < -0.39 is 0 Å². The number of para-hydroxylation sites is 3. The average Bonchev–Trinajstić information content (AvgIpc) is 3.08. The van der Waals surface area contributed by atoms with Gasteiger partial charge in [-0.05, 0) is 42.0 Å². The van der Waals surface area contributed by atoms with Gasteiger partial charge >= 0.3 is 0 Å². The van der Waals surface area contributed by atoms with Crippen molar-refractivity contribution in [3.05, 3.63) is 78.4 Å². The lowest BCUT2D eigenvalue weighted by Gasteiger charge is -2.38. The molecule has 0 N–H and O–H groups in total. The molecule has 0 spiro atoms. The smallest absolute Gasteiger partial charge is 0.145 e. The normalized spacial score (nSPS) is 15.5. The fourth-order valence-corrected chi connectivity index (χ4v) is 4.07. The van der Waals surface area contributed by atoms with Gasteiger partial charge in [0.05, 0.1) is 11.0 Å². The summed E-state index contributed by atoms with van der Waals surface area (Å²) in [4.78, 5) is 9.45. The molecule has 0 saturated carbocycles. The van der Waals surface area contributed by atoms with E-state index in [0.717, 1.165) is 16.9 Å². The van der Waals surface area contributed by atoms with E-state index in [-0.39, 0.29) is 6.17 Å². The standard InChI is InChI=1S/C23H22N4/c1-25(2)17-14-12-16(13-15-17)23-26(3)20-10-6-4-8-18(20)22-24-19-9-5-7-11-21(19)27(22)23/h4-15,23H,1-3H3/t23-/m0/s1. The molecule has 4 nitrogen and oxygen atoms in total. The quantitative estimate of drug-likeness (QED) is 0.518. The van der Waals surface area contributed by atoms with Crippen LogP contribution in [-0.4, -0.2) is 30.7 Å². The van der Waals surface area contributed by atoms with E-state index in [2.05, 4.69) is 108 Å². The van der Waals surface area contributed by atoms with Gasteiger partial charge in [-0.25, -0.2) is 4.98 Å². The molecule has 0 aliphatic carbocycles. The number of imidazole rings is 1. The Morgan fingerprint density at radius 1 is 0.852 bits per heavy atom. The Morgan fingerprint density at radius 3 is 2.33 bits per heavy atom. The van der Waals surface area contributed by atoms with Crippen LogP contribution in [0.25, 0.3) is 22.4 Å². The second kappa shape index (κ2) is 5.88. The number of nitrogens with zero attached hydrogens (tertiary/aromatic N) is 4. The van der Waals surface area contributed by atoms with Crippen LogP contribution in [-0.2, 0) is 0 Å². The first kappa shape index (κ1) is 15.9. The molecule has 0 bridgehead atoms. The first-order chi connectivity index (χ1) is 13.1. The molecule has 1 aliphatic heterocycles. The number of rotatable bonds is 2. The van der Waals surface area contributed by atoms with Crippen LogP contribution < -0.4 is 9.80 Å². The summed E-state index contributed by atoms with van der Waals surface area (Å²) in [6.45, 7) is 0. The summed E-state index contributed by atoms with van der Waals surface area (Å²) < 4.78 is 2.36. The van der Waals surface area contributed by atoms with E-state index in [1.54, 1.807) is 0 Å². The lowest BCUT2D eigenvalue weighted by atomic mass is 10.0. The third-order valence-electron chi connectivity index (χ3n) is 5.44. The summed E-state index contributed by atoms with van der Waals surface area (Å²) in [7, 11) is 6.31. The zero-order valence-corrected chi connectivity index (χ0v) is 15.8. The Balaban J connectivity index is 1.77. The average molecular weight is 354 g/mol. The van der Waals surface area contributed by atoms with Crippen LogP contribution in [0.15, 0.2) is 72.8 Å². The van der Waals surface area contributed by atoms with Crippen LogP contribution in [0.4, 0.5) is 11.4 Å². The maximum absolute atomic E-state index is 4.98. The largest absolute Gasteiger partial charge is 0.378 e. The van der Waals surface area contributed by atoms with Crippen LogP contribution in [0.3, 0.4) is 0 Å². The van der Waals surface area contributed by atoms with Crippen molar-refractivity contribution in [1.29, 1.82) is 0 Å². The molecule has 1 aromatic heterocycles. The predicted molar refractivity (Wildman–Crippen MR) is 112 cm³/mol. The van der Waals surface area contributed by atoms with Gasteiger partial charge in [-0.1, -0.05) is 36.4 Å². The van der Waals surface area contributed by atoms with Crippen LogP contribution in [0.2, 0.25) is 0 Å². The van der Waals surface area contributed by atoms with Crippen molar-refractivity contribution in [2.45, 2.75) is 6.17 Å². The molecule has 0 saturated heterocycles. The Labute approximate surface area is 159 Å². The summed E-state index contributed by atoms with van der Waals surface area (Å²) in [5, 5.41) is 0. The first-order valence-corrected chi connectivity index (χ1v) is 9.21. The van der Waals surface area contributed by atoms with Gasteiger partial charge in [0.15, 0.2) is 0 Å². The molecule has 0 fully saturated rings. The molecule has 5 rings (SSSR count). The maximum Gasteiger partial charge on any atom is 0.145 e. The third kappa shape index (κ3) is 2.33. The molecular weight excluding hydrogens is 332 g/mol. The first-order valence-electron chi connectivity index (χ1n) is 9.21. The van der Waals surface area contributed by atoms with Crippen molar-refractivity contribution in [1.82, 2.24) is 9.55 Å². The molecule has 4 aromatic rings. The van der Waals surface area contributed by atoms with E-state index in [1.165, 1.54) is 22.5 Å². The fourth-order valence-electron chi connectivity index (χ4n) is 4.07. The lowest BCUT2D eigenvalue weighted by molar-refractivity contribution is 0.582. The Bertz CT molecular complexity index is 1120. The molecule has 1 aliphatic rings. The number of hydrogen-bond donors (Lipinski definition) is 0. The Morgan fingerprint density at radius 2 is 1.56 bits per heavy atom. The fraction of sp³-hybridized carbons (Fsp3) is 0.174. The number of fused-ring (bicyclic) bond motifs is 5. The predicted octanol–water partition coefficient (Wildman–Crippen LogP) is 4.77. The highest BCUT2D eigenvalue weighted by atomic mass is 15.3. The summed E-state index contributed by atoms with van der Waals surface area (Å²) in [5.74, 6) is 1.03. The molecule has 3 aromatic carbocycles. The Kier molecular flexibility index (Phi) is 3.47. The lowest BCUT2D eigenvalue weighted by Crippen LogP contribution is -2.34. The van der Waals surface area contributed by atoms with Gasteiger partial charge in [0, 0.05) is 38.1 Å². The molecule has 0 radical (unpaired) electrons. The second-order valence-corrected chi connectivity index (χ2v) is 7.28. The molecule has 134 valence electrons. The molecule has 1 atom stereocenters. The van der Waals surface area contributed by atoms with Crippen molar-refractivity contribution < 1.29 is 0 Å². The van der Waals surface area contributed by atoms with E-state index in [9.17, 15) is 0 Å². The van der Waals surface area contributed by atoms with E-state index in [4.69, 9.17) is 4.98 Å². The highest BCUT2D eigenvalue weighted by molar-refractivity contribution is 5.87. The van der Waals surface area contributed by atoms with Gasteiger partial charge in [0.25, 0.3) is 0 Å². The third-order valence-corrected chi connectivity index (χ3v) is 5.44. The topological polar surface area (TPSA) is 24.3 Å². The van der Waals surface area contributed by atoms with Gasteiger partial charge < -0.3 is 9.80 Å². The zero-order chi connectivity index (χ0) is 18.5. The van der Waals surface area contributed by atoms with E-state index in [1.807, 2.05) is 0 Å². The van der Waals surface area contributed by atoms with Gasteiger partial charge in [0.2, 0.25) is 0 Å². The minimum atomic E-state index is 0.0681.